The van der Waals surface area contributed by atoms with Crippen molar-refractivity contribution in [1.29, 1.82) is 0 Å². The van der Waals surface area contributed by atoms with Gasteiger partial charge < -0.3 is 4.74 Å². The molecule has 0 aliphatic rings. The van der Waals surface area contributed by atoms with E-state index in [4.69, 9.17) is 5.53 Å². The van der Waals surface area contributed by atoms with E-state index < -0.39 is 5.97 Å². The lowest BCUT2D eigenvalue weighted by Crippen LogP contribution is -1.93. The third-order valence-corrected chi connectivity index (χ3v) is 1.91. The standard InChI is InChI=1S/C11H11N3O2/c1-16-11(15)7-6-9-2-4-10(5-3-9)8-13-14-12/h2-7H,8H2,1H3. The van der Waals surface area contributed by atoms with Gasteiger partial charge in [-0.15, -0.1) is 0 Å². The minimum absolute atomic E-state index is 0.331. The van der Waals surface area contributed by atoms with Crippen molar-refractivity contribution in [3.63, 3.8) is 0 Å². The highest BCUT2D eigenvalue weighted by Gasteiger charge is 1.93. The highest BCUT2D eigenvalue weighted by atomic mass is 16.5. The SMILES string of the molecule is COC(=O)C=Cc1ccc(CN=[N+]=[N-])cc1. The Kier molecular flexibility index (Phi) is 4.63. The Balaban J connectivity index is 2.67. The number of azide groups is 1. The molecule has 0 heterocycles. The van der Waals surface area contributed by atoms with Crippen molar-refractivity contribution in [2.45, 2.75) is 6.54 Å². The van der Waals surface area contributed by atoms with Crippen molar-refractivity contribution in [2.75, 3.05) is 7.11 Å². The lowest BCUT2D eigenvalue weighted by atomic mass is 10.1. The van der Waals surface area contributed by atoms with Crippen molar-refractivity contribution in [3.8, 4) is 0 Å². The van der Waals surface area contributed by atoms with Crippen molar-refractivity contribution in [1.82, 2.24) is 0 Å². The number of nitrogens with zero attached hydrogens (tertiary/aromatic N) is 3. The molecule has 5 nitrogen and oxygen atoms in total. The van der Waals surface area contributed by atoms with E-state index in [0.717, 1.165) is 11.1 Å². The quantitative estimate of drug-likeness (QED) is 0.255. The molecule has 0 atom stereocenters. The third kappa shape index (κ3) is 3.86. The monoisotopic (exact) mass is 217 g/mol. The second-order valence-corrected chi connectivity index (χ2v) is 2.99. The molecule has 1 aromatic carbocycles. The predicted octanol–water partition coefficient (Wildman–Crippen LogP) is 2.68. The lowest BCUT2D eigenvalue weighted by molar-refractivity contribution is -0.134. The minimum atomic E-state index is -0.391. The molecule has 0 aromatic heterocycles. The summed E-state index contributed by atoms with van der Waals surface area (Å²) in [7, 11) is 1.33. The van der Waals surface area contributed by atoms with Gasteiger partial charge in [-0.2, -0.15) is 0 Å². The molecule has 0 bridgehead atoms. The van der Waals surface area contributed by atoms with E-state index in [1.165, 1.54) is 13.2 Å². The van der Waals surface area contributed by atoms with Crippen LogP contribution in [0, 0.1) is 0 Å². The normalized spacial score (nSPS) is 9.81. The molecular weight excluding hydrogens is 206 g/mol. The molecule has 5 heteroatoms. The predicted molar refractivity (Wildman–Crippen MR) is 60.3 cm³/mol. The van der Waals surface area contributed by atoms with Crippen LogP contribution in [0.25, 0.3) is 16.5 Å². The first-order chi connectivity index (χ1) is 7.76. The van der Waals surface area contributed by atoms with E-state index >= 15 is 0 Å². The number of hydrogen-bond donors (Lipinski definition) is 0. The van der Waals surface area contributed by atoms with Crippen LogP contribution < -0.4 is 0 Å². The number of methoxy groups -OCH3 is 1. The summed E-state index contributed by atoms with van der Waals surface area (Å²) in [5.41, 5.74) is 9.96. The summed E-state index contributed by atoms with van der Waals surface area (Å²) in [4.78, 5) is 13.5. The number of rotatable bonds is 4. The van der Waals surface area contributed by atoms with Crippen LogP contribution in [0.15, 0.2) is 35.5 Å². The van der Waals surface area contributed by atoms with Gasteiger partial charge in [0.15, 0.2) is 0 Å². The summed E-state index contributed by atoms with van der Waals surface area (Å²) in [6, 6.07) is 7.35. The highest BCUT2D eigenvalue weighted by Crippen LogP contribution is 2.07. The van der Waals surface area contributed by atoms with Crippen molar-refractivity contribution < 1.29 is 9.53 Å². The van der Waals surface area contributed by atoms with Gasteiger partial charge in [0.25, 0.3) is 0 Å². The summed E-state index contributed by atoms with van der Waals surface area (Å²) >= 11 is 0. The maximum absolute atomic E-state index is 10.8. The van der Waals surface area contributed by atoms with Crippen LogP contribution in [0.3, 0.4) is 0 Å². The van der Waals surface area contributed by atoms with Gasteiger partial charge in [0.1, 0.15) is 0 Å². The summed E-state index contributed by atoms with van der Waals surface area (Å²) in [6.07, 6.45) is 3.01. The number of carbonyl (C=O) groups is 1. The van der Waals surface area contributed by atoms with E-state index in [1.54, 1.807) is 6.08 Å². The molecule has 0 N–H and O–H groups in total. The largest absolute Gasteiger partial charge is 0.466 e. The minimum Gasteiger partial charge on any atom is -0.466 e. The summed E-state index contributed by atoms with van der Waals surface area (Å²) in [5.74, 6) is -0.391. The lowest BCUT2D eigenvalue weighted by Gasteiger charge is -1.96. The number of hydrogen-bond acceptors (Lipinski definition) is 3. The fourth-order valence-corrected chi connectivity index (χ4v) is 1.08. The fourth-order valence-electron chi connectivity index (χ4n) is 1.08. The van der Waals surface area contributed by atoms with Crippen molar-refractivity contribution >= 4 is 12.0 Å². The first kappa shape index (κ1) is 11.8. The average Bonchev–Trinajstić information content (AvgIpc) is 2.34. The zero-order valence-corrected chi connectivity index (χ0v) is 8.83. The molecule has 0 amide bonds. The molecule has 0 aliphatic carbocycles. The molecule has 0 aliphatic heterocycles. The molecule has 1 aromatic rings. The molecule has 0 spiro atoms. The maximum atomic E-state index is 10.8. The summed E-state index contributed by atoms with van der Waals surface area (Å²) in [5, 5.41) is 3.45. The fraction of sp³-hybridized carbons (Fsp3) is 0.182. The van der Waals surface area contributed by atoms with Crippen LogP contribution in [0.1, 0.15) is 11.1 Å². The van der Waals surface area contributed by atoms with E-state index in [0.29, 0.717) is 6.54 Å². The van der Waals surface area contributed by atoms with Crippen LogP contribution in [-0.2, 0) is 16.1 Å². The van der Waals surface area contributed by atoms with Crippen molar-refractivity contribution in [3.05, 3.63) is 51.9 Å². The zero-order chi connectivity index (χ0) is 11.8. The van der Waals surface area contributed by atoms with Gasteiger partial charge in [0.2, 0.25) is 0 Å². The van der Waals surface area contributed by atoms with Crippen LogP contribution in [0.2, 0.25) is 0 Å². The van der Waals surface area contributed by atoms with Gasteiger partial charge in [-0.25, -0.2) is 4.79 Å². The molecule has 1 rings (SSSR count). The maximum Gasteiger partial charge on any atom is 0.330 e. The van der Waals surface area contributed by atoms with Crippen LogP contribution in [-0.4, -0.2) is 13.1 Å². The van der Waals surface area contributed by atoms with Gasteiger partial charge >= 0.3 is 5.97 Å². The molecule has 0 saturated carbocycles. The van der Waals surface area contributed by atoms with Gasteiger partial charge in [0, 0.05) is 11.0 Å². The second-order valence-electron chi connectivity index (χ2n) is 2.99. The third-order valence-electron chi connectivity index (χ3n) is 1.91. The van der Waals surface area contributed by atoms with Gasteiger partial charge in [-0.1, -0.05) is 29.4 Å². The molecular formula is C11H11N3O2. The Morgan fingerprint density at radius 1 is 1.50 bits per heavy atom. The van der Waals surface area contributed by atoms with E-state index in [1.807, 2.05) is 24.3 Å². The Labute approximate surface area is 93.0 Å². The molecule has 0 saturated heterocycles. The number of esters is 1. The Bertz CT molecular complexity index is 431. The second kappa shape index (κ2) is 6.27. The van der Waals surface area contributed by atoms with Crippen LogP contribution >= 0.6 is 0 Å². The van der Waals surface area contributed by atoms with Crippen LogP contribution in [0.5, 0.6) is 0 Å². The molecule has 82 valence electrons. The number of benzene rings is 1. The van der Waals surface area contributed by atoms with Gasteiger partial charge in [0.05, 0.1) is 13.7 Å². The van der Waals surface area contributed by atoms with E-state index in [9.17, 15) is 4.79 Å². The highest BCUT2D eigenvalue weighted by molar-refractivity contribution is 5.86. The summed E-state index contributed by atoms with van der Waals surface area (Å²) in [6.45, 7) is 0.331. The molecule has 16 heavy (non-hydrogen) atoms. The summed E-state index contributed by atoms with van der Waals surface area (Å²) < 4.78 is 4.47. The average molecular weight is 217 g/mol. The Hall–Kier alpha value is -2.26. The topological polar surface area (TPSA) is 75.1 Å². The van der Waals surface area contributed by atoms with Crippen LogP contribution in [0.4, 0.5) is 0 Å². The van der Waals surface area contributed by atoms with Crippen molar-refractivity contribution in [2.24, 2.45) is 5.11 Å². The number of carbonyl (C=O) groups excluding carboxylic acids is 1. The molecule has 0 fully saturated rings. The smallest absolute Gasteiger partial charge is 0.330 e. The Morgan fingerprint density at radius 2 is 2.19 bits per heavy atom. The first-order valence-corrected chi connectivity index (χ1v) is 4.62. The van der Waals surface area contributed by atoms with E-state index in [-0.39, 0.29) is 0 Å². The Morgan fingerprint density at radius 3 is 2.75 bits per heavy atom. The zero-order valence-electron chi connectivity index (χ0n) is 8.83. The number of ether oxygens (including phenoxy) is 1. The van der Waals surface area contributed by atoms with Gasteiger partial charge in [-0.05, 0) is 22.7 Å². The first-order valence-electron chi connectivity index (χ1n) is 4.62. The molecule has 0 radical (unpaired) electrons. The van der Waals surface area contributed by atoms with E-state index in [2.05, 4.69) is 14.8 Å². The molecule has 0 unspecified atom stereocenters. The van der Waals surface area contributed by atoms with Gasteiger partial charge in [-0.3, -0.25) is 0 Å².